The lowest BCUT2D eigenvalue weighted by atomic mass is 9.92. The number of anilines is 6. The van der Waals surface area contributed by atoms with Crippen LogP contribution in [0.5, 0.6) is 0 Å². The molecule has 0 aromatic carbocycles. The van der Waals surface area contributed by atoms with E-state index < -0.39 is 336 Å². The molecule has 738 valence electrons. The summed E-state index contributed by atoms with van der Waals surface area (Å²) < 4.78 is 621. The van der Waals surface area contributed by atoms with E-state index in [0.717, 1.165) is 61.5 Å². The topological polar surface area (TPSA) is 417 Å². The normalized spacial score (nSPS) is 39.6. The Balaban J connectivity index is 0.000000206. The molecular weight excluding hydrogens is 1790 g/mol. The number of H-pyrrole nitrogens is 6. The molecule has 0 spiro atoms. The summed E-state index contributed by atoms with van der Waals surface area (Å²) in [5.74, 6) is -32.3. The number of hydrogen-bond donors (Lipinski definition) is 6. The first kappa shape index (κ1) is 42.9. The zero-order chi connectivity index (χ0) is 167. The molecule has 12 aromatic rings. The minimum Gasteiger partial charge on any atom is -0.354 e. The molecule has 42 heteroatoms. The number of piperidine rings is 6. The van der Waals surface area contributed by atoms with Gasteiger partial charge in [0.25, 0.3) is 39.0 Å². The molecule has 141 heavy (non-hydrogen) atoms. The maximum absolute atomic E-state index is 13.1. The van der Waals surface area contributed by atoms with Crippen molar-refractivity contribution in [3.05, 3.63) is 178 Å². The van der Waals surface area contributed by atoms with E-state index in [-0.39, 0.29) is 131 Å². The number of aryl methyl sites for hydroxylation is 3. The summed E-state index contributed by atoms with van der Waals surface area (Å²) in [4.78, 5) is 156. The minimum atomic E-state index is -4.37. The molecule has 12 aromatic heterocycles. The highest BCUT2D eigenvalue weighted by Crippen LogP contribution is 2.37. The molecule has 0 unspecified atom stereocenters. The highest BCUT2D eigenvalue weighted by Gasteiger charge is 2.41. The van der Waals surface area contributed by atoms with Crippen LogP contribution >= 0.6 is 0 Å². The second-order valence-corrected chi connectivity index (χ2v) is 28.7. The Hall–Kier alpha value is -15.7. The number of amides is 6. The van der Waals surface area contributed by atoms with Gasteiger partial charge >= 0.3 is 35.4 Å². The lowest BCUT2D eigenvalue weighted by molar-refractivity contribution is -0.131. The van der Waals surface area contributed by atoms with Crippen molar-refractivity contribution in [2.75, 3.05) is 188 Å². The molecule has 18 rings (SSSR count). The number of likely N-dealkylation sites (tertiary alicyclic amines) is 6. The number of aromatic nitrogens is 18. The van der Waals surface area contributed by atoms with Crippen molar-refractivity contribution >= 4 is 137 Å². The Morgan fingerprint density at radius 3 is 0.965 bits per heavy atom. The van der Waals surface area contributed by atoms with Crippen LogP contribution in [-0.4, -0.2) is 350 Å². The molecule has 6 fully saturated rings. The summed E-state index contributed by atoms with van der Waals surface area (Å²) in [6.07, 6.45) is -12.0. The predicted octanol–water partition coefficient (Wildman–Crippen LogP) is 10.2. The van der Waals surface area contributed by atoms with Gasteiger partial charge in [0.2, 0.25) is 0 Å². The number of likely N-dealkylation sites (N-methyl/N-ethyl adjacent to an activating group) is 6. The van der Waals surface area contributed by atoms with E-state index in [4.69, 9.17) is 139 Å². The SMILES string of the molecule is [2H]C([2H])([N+]#[C-])C(=O)N1C([2H])([2H])C([2H])([2H])[C@@H](C([2H])([2H])[2H])[C@@]([2H])(N(c2ncnc3[nH]ccc23)C([2H])([2H])[2H])C1([2H])[2H].[2H]C([2H])([N+]#[C-])C(=O)N1C([2H])([2H])C([2H])([2H])[C@@]([2H])(C([2H])([2H])[2H])[C@@]([2H])(N(c2ncnc3[nH]ccc23)C([2H])([2H])[2H])C1([2H])[2H].[2H]C([2H])([N+]#[C-])C(=O)N1C([2H])([2H])C([2H])([2H])[C@@]([2H])(C)[C@@]([2H])(N(c2ncnc3[nH]ccc23)C([2H])([2H])[2H])C1([2H])[2H].[2H]c1c(C)[nH]c2ncnc(N(C)[C@@H]3[C@H](C([2H])([2H])[2H])C([2H])([2H])C([2H])([2H])N(C(=O)C([2H])([2H])[N+]#[C-])C3([2H])[2H])c12.[2H]c1c(C)[nH]c2ncnc(N(C)[C@@H]3[C@H](C)C([2H])([2H])C([2H])([2H])N(C(=O)C([2H])([2H])[N+]#[C-])C3([2H])[2H])c12.[2H]c1c(C)[nH]c2ncnc(N(C)[C@H]3C([2H])([2H])N(C(=O)C([2H])([2H])[N+]#[C-])C([2H])([2H])C([2H])([2H])[C@@]3([2H])C)c12. The third kappa shape index (κ3) is 24.0. The van der Waals surface area contributed by atoms with Gasteiger partial charge in [0.05, 0.1) is 93.2 Å². The first-order chi connectivity index (χ1) is 96.6. The number of fused-ring (bicyclic) bond motifs is 6. The maximum Gasteiger partial charge on any atom is 0.302 e. The molecular formula is C99H126N36O6. The second-order valence-electron chi connectivity index (χ2n) is 28.7. The molecule has 0 bridgehead atoms. The fourth-order valence-corrected chi connectivity index (χ4v) is 13.1. The largest absolute Gasteiger partial charge is 0.354 e. The van der Waals surface area contributed by atoms with Crippen LogP contribution in [0.25, 0.3) is 95.3 Å². The monoisotopic (exact) mass is 1990 g/mol. The summed E-state index contributed by atoms with van der Waals surface area (Å²) in [5, 5.41) is -0.0932. The van der Waals surface area contributed by atoms with Crippen molar-refractivity contribution in [2.45, 2.75) is 137 Å². The van der Waals surface area contributed by atoms with Crippen LogP contribution in [0.1, 0.15) is 199 Å². The van der Waals surface area contributed by atoms with Crippen molar-refractivity contribution in [3.8, 4) is 0 Å². The molecule has 6 aliphatic heterocycles. The molecule has 0 radical (unpaired) electrons. The van der Waals surface area contributed by atoms with Crippen LogP contribution in [-0.2, 0) is 28.8 Å². The fraction of sp³-hybridized carbons (Fsp3) is 0.515. The standard InChI is InChI=1S/3C17H22N6O.3C16H20N6O/c3*1-11-5-6-23(15(24)8-18-3)9-14(11)22(4)17-13-7-12(2)21-16(13)19-10-20-17;3*1-11-5-7-22(14(23)8-17-2)9-13(11)21(3)16-12-4-6-18-15(12)19-10-20-16/h3*7,10-11,14H,5-6,8-9H2,1-2,4H3,(H,19,20,21);3*4,6,10-11,13H,5,7-9H2,1,3H3,(H,18,19,20)/t3*11-,14+;3*11-,13+/m111111/s1/i5D2,6D2,7D,8D2,9D2,11D;1D3,5D2,6D2,7D,8D2,9D2;5D2,6D2,7D,8D2,9D2;1D3,3D3,5D2,7D2,8D2,9D2,11D,13D;3D3,5D2,7D2,8D2,9D2,11D,13D;1D3,3D3,5D2,7D2,8D2,9D2,13D. The van der Waals surface area contributed by atoms with Gasteiger partial charge in [-0.3, -0.25) is 28.8 Å². The summed E-state index contributed by atoms with van der Waals surface area (Å²) in [7, 11) is 3.77. The van der Waals surface area contributed by atoms with Crippen molar-refractivity contribution in [1.29, 1.82) is 0 Å². The Morgan fingerprint density at radius 2 is 0.624 bits per heavy atom. The van der Waals surface area contributed by atoms with E-state index >= 15 is 0 Å². The van der Waals surface area contributed by atoms with Crippen molar-refractivity contribution in [3.63, 3.8) is 0 Å². The Bertz CT molecular complexity index is 10500. The lowest BCUT2D eigenvalue weighted by Crippen LogP contribution is -2.53. The van der Waals surface area contributed by atoms with Crippen molar-refractivity contribution < 1.29 is 132 Å². The third-order valence-electron chi connectivity index (χ3n) is 19.6. The summed E-state index contributed by atoms with van der Waals surface area (Å²) in [6.45, 7) is -38.7. The zero-order valence-electron chi connectivity index (χ0n) is 149. The highest BCUT2D eigenvalue weighted by molar-refractivity contribution is 5.93. The van der Waals surface area contributed by atoms with E-state index in [9.17, 15) is 31.5 Å². The van der Waals surface area contributed by atoms with Gasteiger partial charge in [-0.15, -0.1) is 0 Å². The van der Waals surface area contributed by atoms with Gasteiger partial charge in [-0.2, -0.15) is 0 Å². The van der Waals surface area contributed by atoms with Crippen LogP contribution in [0.2, 0.25) is 0 Å². The van der Waals surface area contributed by atoms with E-state index in [1.165, 1.54) is 63.0 Å². The quantitative estimate of drug-likeness (QED) is 0.0435. The van der Waals surface area contributed by atoms with Crippen LogP contribution in [0.3, 0.4) is 0 Å². The van der Waals surface area contributed by atoms with Gasteiger partial charge in [0.15, 0.2) is 0 Å². The summed E-state index contributed by atoms with van der Waals surface area (Å²) >= 11 is 0. The third-order valence-corrected chi connectivity index (χ3v) is 19.6. The molecule has 6 saturated heterocycles. The number of carbonyl (C=O) groups is 6. The molecule has 6 aliphatic rings. The van der Waals surface area contributed by atoms with Crippen molar-refractivity contribution in [2.24, 2.45) is 35.4 Å². The lowest BCUT2D eigenvalue weighted by Gasteiger charge is -2.41. The molecule has 18 heterocycles. The maximum atomic E-state index is 13.1. The number of rotatable bonds is 18. The van der Waals surface area contributed by atoms with Gasteiger partial charge in [0.1, 0.15) is 123 Å². The van der Waals surface area contributed by atoms with E-state index in [1.807, 2.05) is 0 Å². The Labute approximate surface area is 926 Å². The van der Waals surface area contributed by atoms with Gasteiger partial charge in [-0.25, -0.2) is 99.2 Å². The average molecular weight is 1990 g/mol. The zero-order valence-corrected chi connectivity index (χ0v) is 74.3. The number of aromatic amines is 6. The molecule has 0 aliphatic carbocycles. The molecule has 12 atom stereocenters. The Morgan fingerprint density at radius 1 is 0.355 bits per heavy atom. The molecule has 6 amide bonds. The van der Waals surface area contributed by atoms with E-state index in [0.29, 0.717) is 24.0 Å². The van der Waals surface area contributed by atoms with Gasteiger partial charge < -0.3 is 118 Å². The van der Waals surface area contributed by atoms with Crippen LogP contribution in [0.15, 0.2) is 92.9 Å². The van der Waals surface area contributed by atoms with Gasteiger partial charge in [-0.1, -0.05) is 41.3 Å². The fourth-order valence-electron chi connectivity index (χ4n) is 13.1. The number of carbonyl (C=O) groups excluding carboxylic acids is 6. The highest BCUT2D eigenvalue weighted by atomic mass is 16.2. The van der Waals surface area contributed by atoms with Crippen LogP contribution < -0.4 is 29.4 Å². The van der Waals surface area contributed by atoms with E-state index in [2.05, 4.69) is 119 Å². The van der Waals surface area contributed by atoms with Crippen LogP contribution in [0, 0.1) is 95.6 Å². The van der Waals surface area contributed by atoms with Crippen LogP contribution in [0.4, 0.5) is 34.9 Å². The first-order valence-corrected chi connectivity index (χ1v) is 39.9. The summed E-state index contributed by atoms with van der Waals surface area (Å²) in [5.41, 5.74) is 1.79. The second kappa shape index (κ2) is 47.1. The Kier molecular flexibility index (Phi) is 14.3. The molecule has 0 saturated carbocycles. The van der Waals surface area contributed by atoms with Crippen molar-refractivity contribution in [1.82, 2.24) is 119 Å². The number of hydrogen-bond acceptors (Lipinski definition) is 24. The number of nitrogens with one attached hydrogen (secondary N) is 6. The summed E-state index contributed by atoms with van der Waals surface area (Å²) in [6, 6.07) is -14.2. The average Bonchev–Trinajstić information content (AvgIpc) is 0.992. The van der Waals surface area contributed by atoms with E-state index in [1.54, 1.807) is 20.8 Å². The first-order valence-electron chi connectivity index (χ1n) is 77.4. The number of nitrogens with zero attached hydrogens (tertiary/aromatic N) is 30. The minimum absolute atomic E-state index is 0.00832. The predicted molar refractivity (Wildman–Crippen MR) is 542 cm³/mol. The smallest absolute Gasteiger partial charge is 0.302 e. The van der Waals surface area contributed by atoms with Gasteiger partial charge in [0, 0.05) is 217 Å². The molecule has 6 N–H and O–H groups in total. The molecule has 42 nitrogen and oxygen atoms in total. The van der Waals surface area contributed by atoms with Gasteiger partial charge in [-0.05, 0) is 131 Å².